The maximum Gasteiger partial charge on any atom is 0.239 e. The molecule has 0 bridgehead atoms. The molecular weight excluding hydrogens is 399 g/mol. The van der Waals surface area contributed by atoms with Gasteiger partial charge in [0.2, 0.25) is 12.2 Å². The van der Waals surface area contributed by atoms with Gasteiger partial charge in [-0.3, -0.25) is 4.68 Å². The zero-order valence-electron chi connectivity index (χ0n) is 16.9. The summed E-state index contributed by atoms with van der Waals surface area (Å²) in [7, 11) is 0. The molecular formula is C20H27FN2O7. The van der Waals surface area contributed by atoms with Crippen molar-refractivity contribution >= 4 is 0 Å². The average molecular weight is 426 g/mol. The topological polar surface area (TPSA) is 137 Å². The minimum absolute atomic E-state index is 0.0411. The van der Waals surface area contributed by atoms with Crippen molar-refractivity contribution in [2.24, 2.45) is 0 Å². The van der Waals surface area contributed by atoms with Crippen molar-refractivity contribution in [1.82, 2.24) is 9.78 Å². The molecule has 0 radical (unpaired) electrons. The maximum atomic E-state index is 14.3. The van der Waals surface area contributed by atoms with E-state index in [9.17, 15) is 29.9 Å². The Morgan fingerprint density at radius 2 is 1.90 bits per heavy atom. The van der Waals surface area contributed by atoms with Crippen LogP contribution in [0.3, 0.4) is 0 Å². The van der Waals surface area contributed by atoms with Crippen LogP contribution in [0.5, 0.6) is 11.6 Å². The summed E-state index contributed by atoms with van der Waals surface area (Å²) < 4.78 is 27.1. The third kappa shape index (κ3) is 4.28. The molecule has 5 atom stereocenters. The molecule has 2 heterocycles. The van der Waals surface area contributed by atoms with E-state index in [0.717, 1.165) is 6.07 Å². The lowest BCUT2D eigenvalue weighted by Crippen LogP contribution is -2.60. The second kappa shape index (κ2) is 8.86. The second-order valence-corrected chi connectivity index (χ2v) is 7.68. The monoisotopic (exact) mass is 426 g/mol. The molecule has 3 rings (SSSR count). The fourth-order valence-electron chi connectivity index (χ4n) is 3.47. The minimum Gasteiger partial charge on any atom is -0.508 e. The Morgan fingerprint density at radius 3 is 2.50 bits per heavy atom. The first kappa shape index (κ1) is 22.4. The summed E-state index contributed by atoms with van der Waals surface area (Å²) in [5.74, 6) is -0.716. The Kier molecular flexibility index (Phi) is 6.63. The van der Waals surface area contributed by atoms with E-state index in [1.54, 1.807) is 11.6 Å². The van der Waals surface area contributed by atoms with Crippen molar-refractivity contribution in [3.8, 4) is 11.6 Å². The molecule has 1 fully saturated rings. The predicted octanol–water partition coefficient (Wildman–Crippen LogP) is 0.387. The van der Waals surface area contributed by atoms with Gasteiger partial charge in [-0.05, 0) is 32.4 Å². The van der Waals surface area contributed by atoms with E-state index in [1.807, 2.05) is 13.8 Å². The predicted molar refractivity (Wildman–Crippen MR) is 103 cm³/mol. The van der Waals surface area contributed by atoms with Gasteiger partial charge in [0, 0.05) is 29.8 Å². The van der Waals surface area contributed by atoms with Crippen molar-refractivity contribution in [2.45, 2.75) is 63.9 Å². The number of aliphatic hydroxyl groups is 4. The molecule has 9 nitrogen and oxygen atoms in total. The number of nitrogens with zero attached hydrogens (tertiary/aromatic N) is 2. The van der Waals surface area contributed by atoms with Gasteiger partial charge in [0.15, 0.2) is 0 Å². The zero-order valence-corrected chi connectivity index (χ0v) is 16.9. The summed E-state index contributed by atoms with van der Waals surface area (Å²) in [5, 5.41) is 53.4. The Morgan fingerprint density at radius 1 is 1.20 bits per heavy atom. The van der Waals surface area contributed by atoms with Crippen molar-refractivity contribution in [3.63, 3.8) is 0 Å². The van der Waals surface area contributed by atoms with Crippen molar-refractivity contribution in [3.05, 3.63) is 40.8 Å². The minimum atomic E-state index is -1.59. The molecule has 30 heavy (non-hydrogen) atoms. The first-order valence-corrected chi connectivity index (χ1v) is 9.66. The Labute approximate surface area is 172 Å². The van der Waals surface area contributed by atoms with Crippen LogP contribution in [-0.2, 0) is 11.2 Å². The molecule has 1 aromatic heterocycles. The summed E-state index contributed by atoms with van der Waals surface area (Å²) in [6.07, 6.45) is -7.13. The first-order chi connectivity index (χ1) is 14.1. The first-order valence-electron chi connectivity index (χ1n) is 9.66. The lowest BCUT2D eigenvalue weighted by molar-refractivity contribution is -0.278. The highest BCUT2D eigenvalue weighted by Gasteiger charge is 2.45. The van der Waals surface area contributed by atoms with E-state index in [2.05, 4.69) is 5.10 Å². The standard InChI is InChI=1S/C20H27FN2O7/c1-9(2)23-10(3)13(6-11-4-5-12(25)7-14(11)21)19(22-23)30-20-18(28)17(27)16(26)15(8-24)29-20/h4-5,7,9,15-18,20,24-28H,6,8H2,1-3H3/t15?,16-,17+,18-,20+/m1/s1. The quantitative estimate of drug-likeness (QED) is 0.447. The number of hydrogen-bond donors (Lipinski definition) is 5. The number of aromatic hydroxyl groups is 1. The summed E-state index contributed by atoms with van der Waals surface area (Å²) in [4.78, 5) is 0. The number of hydrogen-bond acceptors (Lipinski definition) is 8. The van der Waals surface area contributed by atoms with E-state index in [1.165, 1.54) is 12.1 Å². The summed E-state index contributed by atoms with van der Waals surface area (Å²) in [6, 6.07) is 3.80. The van der Waals surface area contributed by atoms with Crippen LogP contribution < -0.4 is 4.74 Å². The van der Waals surface area contributed by atoms with Crippen LogP contribution in [-0.4, -0.2) is 72.6 Å². The smallest absolute Gasteiger partial charge is 0.239 e. The highest BCUT2D eigenvalue weighted by Crippen LogP contribution is 2.31. The zero-order chi connectivity index (χ0) is 22.2. The third-order valence-electron chi connectivity index (χ3n) is 5.21. The van der Waals surface area contributed by atoms with Crippen molar-refractivity contribution < 1.29 is 39.4 Å². The lowest BCUT2D eigenvalue weighted by Gasteiger charge is -2.39. The molecule has 0 saturated carbocycles. The Bertz CT molecular complexity index is 886. The van der Waals surface area contributed by atoms with E-state index in [0.29, 0.717) is 16.8 Å². The van der Waals surface area contributed by atoms with Gasteiger partial charge in [0.25, 0.3) is 0 Å². The van der Waals surface area contributed by atoms with Crippen molar-refractivity contribution in [1.29, 1.82) is 0 Å². The van der Waals surface area contributed by atoms with Crippen LogP contribution in [0, 0.1) is 12.7 Å². The van der Waals surface area contributed by atoms with Crippen LogP contribution >= 0.6 is 0 Å². The fraction of sp³-hybridized carbons (Fsp3) is 0.550. The number of aromatic nitrogens is 2. The SMILES string of the molecule is Cc1c(Cc2ccc(O)cc2F)c(O[C@@H]2OC(CO)[C@@H](O)[C@H](O)[C@H]2O)nn1C(C)C. The van der Waals surface area contributed by atoms with Gasteiger partial charge in [-0.1, -0.05) is 6.07 Å². The molecule has 1 saturated heterocycles. The molecule has 5 N–H and O–H groups in total. The van der Waals surface area contributed by atoms with Crippen LogP contribution in [0.25, 0.3) is 0 Å². The third-order valence-corrected chi connectivity index (χ3v) is 5.21. The molecule has 1 aromatic carbocycles. The normalized spacial score (nSPS) is 26.9. The number of rotatable bonds is 6. The van der Waals surface area contributed by atoms with Gasteiger partial charge in [0.05, 0.1) is 6.61 Å². The maximum absolute atomic E-state index is 14.3. The number of benzene rings is 1. The molecule has 1 unspecified atom stereocenters. The average Bonchev–Trinajstić information content (AvgIpc) is 3.00. The fourth-order valence-corrected chi connectivity index (χ4v) is 3.47. The summed E-state index contributed by atoms with van der Waals surface area (Å²) in [6.45, 7) is 5.02. The van der Waals surface area contributed by atoms with E-state index < -0.39 is 43.1 Å². The van der Waals surface area contributed by atoms with Gasteiger partial charge in [0.1, 0.15) is 36.0 Å². The largest absolute Gasteiger partial charge is 0.508 e. The van der Waals surface area contributed by atoms with Crippen LogP contribution in [0.2, 0.25) is 0 Å². The Hall–Kier alpha value is -2.24. The number of phenols is 1. The molecule has 10 heteroatoms. The van der Waals surface area contributed by atoms with Crippen LogP contribution in [0.15, 0.2) is 18.2 Å². The second-order valence-electron chi connectivity index (χ2n) is 7.68. The summed E-state index contributed by atoms with van der Waals surface area (Å²) >= 11 is 0. The van der Waals surface area contributed by atoms with E-state index in [4.69, 9.17) is 9.47 Å². The van der Waals surface area contributed by atoms with Gasteiger partial charge >= 0.3 is 0 Å². The highest BCUT2D eigenvalue weighted by molar-refractivity contribution is 5.38. The van der Waals surface area contributed by atoms with E-state index >= 15 is 0 Å². The molecule has 0 aliphatic carbocycles. The number of aliphatic hydroxyl groups excluding tert-OH is 4. The molecule has 1 aliphatic rings. The molecule has 2 aromatic rings. The molecule has 1 aliphatic heterocycles. The molecule has 166 valence electrons. The van der Waals surface area contributed by atoms with Crippen LogP contribution in [0.4, 0.5) is 4.39 Å². The van der Waals surface area contributed by atoms with E-state index in [-0.39, 0.29) is 24.1 Å². The molecule has 0 spiro atoms. The van der Waals surface area contributed by atoms with Crippen molar-refractivity contribution in [2.75, 3.05) is 6.61 Å². The van der Waals surface area contributed by atoms with Gasteiger partial charge in [-0.25, -0.2) is 4.39 Å². The number of halogens is 1. The number of ether oxygens (including phenoxy) is 2. The van der Waals surface area contributed by atoms with Gasteiger partial charge in [-0.2, -0.15) is 0 Å². The summed E-state index contributed by atoms with van der Waals surface area (Å²) in [5.41, 5.74) is 1.54. The van der Waals surface area contributed by atoms with Gasteiger partial charge in [-0.15, -0.1) is 5.10 Å². The molecule has 0 amide bonds. The highest BCUT2D eigenvalue weighted by atomic mass is 19.1. The number of phenolic OH excluding ortho intramolecular Hbond substituents is 1. The lowest BCUT2D eigenvalue weighted by atomic mass is 9.99. The van der Waals surface area contributed by atoms with Crippen LogP contribution in [0.1, 0.15) is 36.7 Å². The Balaban J connectivity index is 1.94. The van der Waals surface area contributed by atoms with Gasteiger partial charge < -0.3 is 35.0 Å².